The minimum atomic E-state index is -0.816. The van der Waals surface area contributed by atoms with Crippen molar-refractivity contribution < 1.29 is 15.0 Å². The topological polar surface area (TPSA) is 57.5 Å². The quantitative estimate of drug-likeness (QED) is 0.658. The van der Waals surface area contributed by atoms with Crippen LogP contribution in [0.2, 0.25) is 0 Å². The molecule has 0 saturated carbocycles. The summed E-state index contributed by atoms with van der Waals surface area (Å²) in [6, 6.07) is 0. The second-order valence-electron chi connectivity index (χ2n) is 2.53. The second-order valence-corrected chi connectivity index (χ2v) is 2.53. The first kappa shape index (κ1) is 13.1. The standard InChI is InChI=1S/C7H14O3.CH4/c1-3-6(7(9)10)4-5(2)8;/h5-6,8H,3-4H2,1-2H3,(H,9,10);1H4. The lowest BCUT2D eigenvalue weighted by Crippen LogP contribution is -2.17. The van der Waals surface area contributed by atoms with E-state index in [0.29, 0.717) is 12.8 Å². The van der Waals surface area contributed by atoms with Crippen LogP contribution in [0.4, 0.5) is 0 Å². The number of carboxylic acids is 1. The van der Waals surface area contributed by atoms with Crippen LogP contribution in [0.25, 0.3) is 0 Å². The van der Waals surface area contributed by atoms with Gasteiger partial charge in [-0.15, -0.1) is 0 Å². The van der Waals surface area contributed by atoms with Crippen molar-refractivity contribution in [1.29, 1.82) is 0 Å². The van der Waals surface area contributed by atoms with Gasteiger partial charge in [-0.05, 0) is 19.8 Å². The SMILES string of the molecule is C.CCC(CC(C)O)C(=O)O. The molecule has 0 aliphatic rings. The predicted octanol–water partition coefficient (Wildman–Crippen LogP) is 1.50. The van der Waals surface area contributed by atoms with Crippen molar-refractivity contribution in [2.24, 2.45) is 5.92 Å². The van der Waals surface area contributed by atoms with Crippen molar-refractivity contribution in [2.75, 3.05) is 0 Å². The number of aliphatic hydroxyl groups is 1. The average Bonchev–Trinajstić information content (AvgIpc) is 1.81. The van der Waals surface area contributed by atoms with Gasteiger partial charge < -0.3 is 10.2 Å². The van der Waals surface area contributed by atoms with Crippen LogP contribution in [-0.2, 0) is 4.79 Å². The van der Waals surface area contributed by atoms with Crippen molar-refractivity contribution in [2.45, 2.75) is 40.2 Å². The van der Waals surface area contributed by atoms with Crippen molar-refractivity contribution in [3.63, 3.8) is 0 Å². The van der Waals surface area contributed by atoms with Gasteiger partial charge in [0.1, 0.15) is 0 Å². The lowest BCUT2D eigenvalue weighted by molar-refractivity contribution is -0.142. The molecule has 2 unspecified atom stereocenters. The Bertz CT molecular complexity index is 110. The summed E-state index contributed by atoms with van der Waals surface area (Å²) < 4.78 is 0. The lowest BCUT2D eigenvalue weighted by Gasteiger charge is -2.10. The van der Waals surface area contributed by atoms with Crippen LogP contribution in [-0.4, -0.2) is 22.3 Å². The fraction of sp³-hybridized carbons (Fsp3) is 0.875. The van der Waals surface area contributed by atoms with Crippen molar-refractivity contribution >= 4 is 5.97 Å². The third-order valence-electron chi connectivity index (χ3n) is 1.47. The summed E-state index contributed by atoms with van der Waals surface area (Å²) >= 11 is 0. The van der Waals surface area contributed by atoms with Crippen LogP contribution in [0.1, 0.15) is 34.1 Å². The molecule has 0 rings (SSSR count). The van der Waals surface area contributed by atoms with Gasteiger partial charge in [0.15, 0.2) is 0 Å². The molecule has 3 nitrogen and oxygen atoms in total. The molecule has 0 bridgehead atoms. The number of hydrogen-bond acceptors (Lipinski definition) is 2. The zero-order chi connectivity index (χ0) is 8.15. The smallest absolute Gasteiger partial charge is 0.306 e. The summed E-state index contributed by atoms with van der Waals surface area (Å²) in [5, 5.41) is 17.4. The summed E-state index contributed by atoms with van der Waals surface area (Å²) in [6.45, 7) is 3.41. The number of aliphatic hydroxyl groups excluding tert-OH is 1. The van der Waals surface area contributed by atoms with E-state index in [-0.39, 0.29) is 13.3 Å². The molecule has 0 amide bonds. The highest BCUT2D eigenvalue weighted by Crippen LogP contribution is 2.10. The second kappa shape index (κ2) is 6.16. The monoisotopic (exact) mass is 162 g/mol. The summed E-state index contributed by atoms with van der Waals surface area (Å²) in [5.74, 6) is -1.21. The first-order chi connectivity index (χ1) is 4.57. The molecular formula is C8H18O3. The molecule has 2 N–H and O–H groups in total. The molecular weight excluding hydrogens is 144 g/mol. The van der Waals surface area contributed by atoms with Crippen molar-refractivity contribution in [1.82, 2.24) is 0 Å². The van der Waals surface area contributed by atoms with Crippen molar-refractivity contribution in [3.8, 4) is 0 Å². The van der Waals surface area contributed by atoms with Gasteiger partial charge in [-0.25, -0.2) is 0 Å². The maximum atomic E-state index is 10.4. The van der Waals surface area contributed by atoms with Gasteiger partial charge in [0.2, 0.25) is 0 Å². The van der Waals surface area contributed by atoms with Crippen LogP contribution in [0.3, 0.4) is 0 Å². The van der Waals surface area contributed by atoms with Gasteiger partial charge in [0, 0.05) is 0 Å². The van der Waals surface area contributed by atoms with E-state index in [1.54, 1.807) is 13.8 Å². The van der Waals surface area contributed by atoms with E-state index in [2.05, 4.69) is 0 Å². The Morgan fingerprint density at radius 2 is 2.00 bits per heavy atom. The summed E-state index contributed by atoms with van der Waals surface area (Å²) in [4.78, 5) is 10.4. The molecule has 0 spiro atoms. The van der Waals surface area contributed by atoms with E-state index in [1.807, 2.05) is 0 Å². The molecule has 0 fully saturated rings. The van der Waals surface area contributed by atoms with E-state index in [0.717, 1.165) is 0 Å². The van der Waals surface area contributed by atoms with Gasteiger partial charge in [0.05, 0.1) is 12.0 Å². The normalized spacial score (nSPS) is 14.8. The fourth-order valence-corrected chi connectivity index (χ4v) is 0.854. The fourth-order valence-electron chi connectivity index (χ4n) is 0.854. The molecule has 3 heteroatoms. The van der Waals surface area contributed by atoms with Gasteiger partial charge in [-0.1, -0.05) is 14.4 Å². The Morgan fingerprint density at radius 3 is 2.09 bits per heavy atom. The molecule has 2 atom stereocenters. The van der Waals surface area contributed by atoms with E-state index >= 15 is 0 Å². The van der Waals surface area contributed by atoms with E-state index in [4.69, 9.17) is 10.2 Å². The Hall–Kier alpha value is -0.570. The highest BCUT2D eigenvalue weighted by atomic mass is 16.4. The molecule has 0 heterocycles. The Balaban J connectivity index is 0. The highest BCUT2D eigenvalue weighted by Gasteiger charge is 2.16. The molecule has 0 saturated heterocycles. The number of rotatable bonds is 4. The van der Waals surface area contributed by atoms with Crippen LogP contribution in [0.15, 0.2) is 0 Å². The van der Waals surface area contributed by atoms with E-state index in [1.165, 1.54) is 0 Å². The van der Waals surface area contributed by atoms with Crippen molar-refractivity contribution in [3.05, 3.63) is 0 Å². The van der Waals surface area contributed by atoms with Gasteiger partial charge in [-0.2, -0.15) is 0 Å². The lowest BCUT2D eigenvalue weighted by atomic mass is 10.00. The Kier molecular flexibility index (Phi) is 7.31. The van der Waals surface area contributed by atoms with Gasteiger partial charge in [-0.3, -0.25) is 4.79 Å². The number of carboxylic acid groups (broad SMARTS) is 1. The maximum Gasteiger partial charge on any atom is 0.306 e. The van der Waals surface area contributed by atoms with Crippen LogP contribution in [0, 0.1) is 5.92 Å². The zero-order valence-corrected chi connectivity index (χ0v) is 6.37. The Labute approximate surface area is 68.0 Å². The third-order valence-corrected chi connectivity index (χ3v) is 1.47. The molecule has 0 aromatic heterocycles. The number of aliphatic carboxylic acids is 1. The molecule has 0 radical (unpaired) electrons. The molecule has 0 aliphatic heterocycles. The minimum absolute atomic E-state index is 0. The van der Waals surface area contributed by atoms with Crippen LogP contribution in [0.5, 0.6) is 0 Å². The molecule has 11 heavy (non-hydrogen) atoms. The molecule has 68 valence electrons. The van der Waals surface area contributed by atoms with E-state index in [9.17, 15) is 4.79 Å². The molecule has 0 aromatic rings. The minimum Gasteiger partial charge on any atom is -0.481 e. The zero-order valence-electron chi connectivity index (χ0n) is 6.37. The summed E-state index contributed by atoms with van der Waals surface area (Å²) in [6.07, 6.45) is 0.424. The third kappa shape index (κ3) is 5.85. The van der Waals surface area contributed by atoms with Crippen LogP contribution < -0.4 is 0 Å². The summed E-state index contributed by atoms with van der Waals surface area (Å²) in [7, 11) is 0. The molecule has 0 aromatic carbocycles. The highest BCUT2D eigenvalue weighted by molar-refractivity contribution is 5.69. The van der Waals surface area contributed by atoms with Gasteiger partial charge in [0.25, 0.3) is 0 Å². The predicted molar refractivity (Wildman–Crippen MR) is 44.4 cm³/mol. The first-order valence-corrected chi connectivity index (χ1v) is 3.48. The first-order valence-electron chi connectivity index (χ1n) is 3.48. The number of hydrogen-bond donors (Lipinski definition) is 2. The van der Waals surface area contributed by atoms with Gasteiger partial charge >= 0.3 is 5.97 Å². The average molecular weight is 162 g/mol. The largest absolute Gasteiger partial charge is 0.481 e. The van der Waals surface area contributed by atoms with E-state index < -0.39 is 12.1 Å². The van der Waals surface area contributed by atoms with Crippen LogP contribution >= 0.6 is 0 Å². The molecule has 0 aliphatic carbocycles. The number of carbonyl (C=O) groups is 1. The maximum absolute atomic E-state index is 10.4. The summed E-state index contributed by atoms with van der Waals surface area (Å²) in [5.41, 5.74) is 0. The Morgan fingerprint density at radius 1 is 1.55 bits per heavy atom.